The number of aromatic amines is 1. The summed E-state index contributed by atoms with van der Waals surface area (Å²) >= 11 is 0. The zero-order valence-corrected chi connectivity index (χ0v) is 18.4. The Kier molecular flexibility index (Phi) is 7.42. The van der Waals surface area contributed by atoms with Gasteiger partial charge in [-0.3, -0.25) is 0 Å². The van der Waals surface area contributed by atoms with Crippen LogP contribution in [0.1, 0.15) is 37.2 Å². The van der Waals surface area contributed by atoms with Crippen LogP contribution in [0.25, 0.3) is 0 Å². The van der Waals surface area contributed by atoms with Gasteiger partial charge in [-0.05, 0) is 56.5 Å². The van der Waals surface area contributed by atoms with Crippen molar-refractivity contribution in [3.63, 3.8) is 0 Å². The lowest BCUT2D eigenvalue weighted by molar-refractivity contribution is 0.399. The largest absolute Gasteiger partial charge is 0.349 e. The molecule has 6 nitrogen and oxygen atoms in total. The molecule has 0 atom stereocenters. The van der Waals surface area contributed by atoms with Gasteiger partial charge in [-0.15, -0.1) is 0 Å². The van der Waals surface area contributed by atoms with Crippen molar-refractivity contribution in [2.24, 2.45) is 0 Å². The summed E-state index contributed by atoms with van der Waals surface area (Å²) in [6.45, 7) is 5.60. The molecule has 0 bridgehead atoms. The summed E-state index contributed by atoms with van der Waals surface area (Å²) in [5.41, 5.74) is 2.16. The van der Waals surface area contributed by atoms with Crippen molar-refractivity contribution in [1.29, 1.82) is 0 Å². The van der Waals surface area contributed by atoms with Crippen molar-refractivity contribution < 1.29 is 8.42 Å². The second kappa shape index (κ2) is 10.0. The number of aryl methyl sites for hydroxylation is 1. The molecule has 160 valence electrons. The number of sulfonamides is 1. The number of imidazole rings is 1. The van der Waals surface area contributed by atoms with Crippen LogP contribution in [0, 0.1) is 0 Å². The van der Waals surface area contributed by atoms with Gasteiger partial charge in [0.2, 0.25) is 10.0 Å². The maximum absolute atomic E-state index is 12.3. The molecule has 3 N–H and O–H groups in total. The minimum atomic E-state index is -3.46. The average molecular weight is 427 g/mol. The molecular weight excluding hydrogens is 396 g/mol. The van der Waals surface area contributed by atoms with Gasteiger partial charge in [-0.1, -0.05) is 42.5 Å². The SMILES string of the molecule is CC(C)(NCCCc1ncc[nH]1)c1ccc(CCNS(=O)(=O)c2ccccc2)cc1. The molecule has 7 heteroatoms. The van der Waals surface area contributed by atoms with Crippen molar-refractivity contribution in [3.05, 3.63) is 83.9 Å². The number of benzene rings is 2. The summed E-state index contributed by atoms with van der Waals surface area (Å²) in [6.07, 6.45) is 6.20. The predicted octanol–water partition coefficient (Wildman–Crippen LogP) is 3.39. The third-order valence-electron chi connectivity index (χ3n) is 5.15. The van der Waals surface area contributed by atoms with E-state index in [1.807, 2.05) is 6.20 Å². The van der Waals surface area contributed by atoms with E-state index >= 15 is 0 Å². The molecular formula is C23H30N4O2S. The summed E-state index contributed by atoms with van der Waals surface area (Å²) in [5, 5.41) is 3.61. The molecule has 0 aliphatic heterocycles. The van der Waals surface area contributed by atoms with Gasteiger partial charge in [0, 0.05) is 30.9 Å². The Morgan fingerprint density at radius 1 is 0.967 bits per heavy atom. The predicted molar refractivity (Wildman–Crippen MR) is 120 cm³/mol. The summed E-state index contributed by atoms with van der Waals surface area (Å²) in [5.74, 6) is 1.02. The van der Waals surface area contributed by atoms with Gasteiger partial charge in [0.25, 0.3) is 0 Å². The van der Waals surface area contributed by atoms with Crippen LogP contribution in [0.2, 0.25) is 0 Å². The Balaban J connectivity index is 1.46. The molecule has 2 aromatic carbocycles. The number of nitrogens with one attached hydrogen (secondary N) is 3. The Labute approximate surface area is 179 Å². The first-order valence-corrected chi connectivity index (χ1v) is 11.7. The maximum Gasteiger partial charge on any atom is 0.240 e. The van der Waals surface area contributed by atoms with E-state index in [1.165, 1.54) is 5.56 Å². The molecule has 0 spiro atoms. The van der Waals surface area contributed by atoms with Gasteiger partial charge in [-0.25, -0.2) is 18.1 Å². The summed E-state index contributed by atoms with van der Waals surface area (Å²) in [7, 11) is -3.46. The molecule has 3 rings (SSSR count). The van der Waals surface area contributed by atoms with Crippen molar-refractivity contribution >= 4 is 10.0 Å². The van der Waals surface area contributed by atoms with E-state index in [9.17, 15) is 8.42 Å². The van der Waals surface area contributed by atoms with Crippen LogP contribution >= 0.6 is 0 Å². The molecule has 3 aromatic rings. The monoisotopic (exact) mass is 426 g/mol. The minimum Gasteiger partial charge on any atom is -0.349 e. The highest BCUT2D eigenvalue weighted by atomic mass is 32.2. The lowest BCUT2D eigenvalue weighted by Gasteiger charge is -2.27. The van der Waals surface area contributed by atoms with E-state index < -0.39 is 10.0 Å². The molecule has 0 saturated carbocycles. The first-order valence-electron chi connectivity index (χ1n) is 10.2. The van der Waals surface area contributed by atoms with Gasteiger partial charge in [0.05, 0.1) is 4.90 Å². The van der Waals surface area contributed by atoms with Gasteiger partial charge in [0.15, 0.2) is 0 Å². The zero-order valence-electron chi connectivity index (χ0n) is 17.6. The fourth-order valence-electron chi connectivity index (χ4n) is 3.29. The number of H-pyrrole nitrogens is 1. The lowest BCUT2D eigenvalue weighted by Crippen LogP contribution is -2.37. The Hall–Kier alpha value is -2.48. The summed E-state index contributed by atoms with van der Waals surface area (Å²) in [4.78, 5) is 7.67. The van der Waals surface area contributed by atoms with E-state index in [0.29, 0.717) is 17.9 Å². The second-order valence-corrected chi connectivity index (χ2v) is 9.62. The highest BCUT2D eigenvalue weighted by molar-refractivity contribution is 7.89. The molecule has 0 fully saturated rings. The van der Waals surface area contributed by atoms with E-state index in [-0.39, 0.29) is 5.54 Å². The smallest absolute Gasteiger partial charge is 0.240 e. The number of aromatic nitrogens is 2. The molecule has 30 heavy (non-hydrogen) atoms. The van der Waals surface area contributed by atoms with Crippen LogP contribution in [-0.4, -0.2) is 31.5 Å². The van der Waals surface area contributed by atoms with Gasteiger partial charge < -0.3 is 10.3 Å². The fraction of sp³-hybridized carbons (Fsp3) is 0.348. The Bertz CT molecular complexity index is 999. The summed E-state index contributed by atoms with van der Waals surface area (Å²) < 4.78 is 27.2. The standard InChI is InChI=1S/C23H30N4O2S/c1-23(2,26-15-6-9-22-24-17-18-25-22)20-12-10-19(11-13-20)14-16-27-30(28,29)21-7-4-3-5-8-21/h3-5,7-8,10-13,17-18,26-27H,6,9,14-16H2,1-2H3,(H,24,25). The van der Waals surface area contributed by atoms with E-state index in [0.717, 1.165) is 30.8 Å². The average Bonchev–Trinajstić information content (AvgIpc) is 3.26. The first kappa shape index (κ1) is 22.2. The molecule has 0 unspecified atom stereocenters. The molecule has 0 amide bonds. The molecule has 1 aromatic heterocycles. The normalized spacial score (nSPS) is 12.2. The van der Waals surface area contributed by atoms with Crippen molar-refractivity contribution in [1.82, 2.24) is 20.0 Å². The maximum atomic E-state index is 12.3. The number of nitrogens with zero attached hydrogens (tertiary/aromatic N) is 1. The van der Waals surface area contributed by atoms with Crippen LogP contribution in [0.4, 0.5) is 0 Å². The van der Waals surface area contributed by atoms with E-state index in [4.69, 9.17) is 0 Å². The lowest BCUT2D eigenvalue weighted by atomic mass is 9.93. The van der Waals surface area contributed by atoms with Crippen LogP contribution < -0.4 is 10.0 Å². The Morgan fingerprint density at radius 3 is 2.37 bits per heavy atom. The second-order valence-electron chi connectivity index (χ2n) is 7.85. The van der Waals surface area contributed by atoms with Gasteiger partial charge in [0.1, 0.15) is 5.82 Å². The van der Waals surface area contributed by atoms with E-state index in [1.54, 1.807) is 36.5 Å². The summed E-state index contributed by atoms with van der Waals surface area (Å²) in [6, 6.07) is 16.8. The molecule has 0 aliphatic rings. The zero-order chi connectivity index (χ0) is 21.5. The first-order chi connectivity index (χ1) is 14.4. The fourth-order valence-corrected chi connectivity index (χ4v) is 4.35. The van der Waals surface area contributed by atoms with Crippen molar-refractivity contribution in [3.8, 4) is 0 Å². The van der Waals surface area contributed by atoms with Crippen LogP contribution in [0.15, 0.2) is 71.9 Å². The van der Waals surface area contributed by atoms with Crippen LogP contribution in [0.5, 0.6) is 0 Å². The highest BCUT2D eigenvalue weighted by Crippen LogP contribution is 2.20. The molecule has 1 heterocycles. The molecule has 0 saturated heterocycles. The Morgan fingerprint density at radius 2 is 1.70 bits per heavy atom. The van der Waals surface area contributed by atoms with Crippen molar-refractivity contribution in [2.75, 3.05) is 13.1 Å². The number of hydrogen-bond acceptors (Lipinski definition) is 4. The van der Waals surface area contributed by atoms with Crippen LogP contribution in [-0.2, 0) is 28.4 Å². The minimum absolute atomic E-state index is 0.142. The topological polar surface area (TPSA) is 86.9 Å². The third kappa shape index (κ3) is 6.26. The number of hydrogen-bond donors (Lipinski definition) is 3. The van der Waals surface area contributed by atoms with E-state index in [2.05, 4.69) is 58.1 Å². The molecule has 0 radical (unpaired) electrons. The van der Waals surface area contributed by atoms with Crippen LogP contribution in [0.3, 0.4) is 0 Å². The van der Waals surface area contributed by atoms with Gasteiger partial charge in [-0.2, -0.15) is 0 Å². The van der Waals surface area contributed by atoms with Gasteiger partial charge >= 0.3 is 0 Å². The highest BCUT2D eigenvalue weighted by Gasteiger charge is 2.19. The van der Waals surface area contributed by atoms with Crippen molar-refractivity contribution in [2.45, 2.75) is 43.5 Å². The number of rotatable bonds is 11. The quantitative estimate of drug-likeness (QED) is 0.410. The third-order valence-corrected chi connectivity index (χ3v) is 6.62. The molecule has 0 aliphatic carbocycles.